The van der Waals surface area contributed by atoms with E-state index in [1.807, 2.05) is 49.4 Å². The van der Waals surface area contributed by atoms with Crippen LogP contribution in [0.25, 0.3) is 16.9 Å². The average molecular weight is 434 g/mol. The van der Waals surface area contributed by atoms with Gasteiger partial charge in [-0.15, -0.1) is 5.10 Å². The molecule has 0 bridgehead atoms. The van der Waals surface area contributed by atoms with E-state index in [2.05, 4.69) is 20.6 Å². The van der Waals surface area contributed by atoms with Crippen molar-refractivity contribution in [3.05, 3.63) is 89.3 Å². The number of carbonyl (C=O) groups is 1. The van der Waals surface area contributed by atoms with E-state index in [0.29, 0.717) is 10.7 Å². The third kappa shape index (κ3) is 4.41. The van der Waals surface area contributed by atoms with E-state index in [9.17, 15) is 4.79 Å². The summed E-state index contributed by atoms with van der Waals surface area (Å²) in [4.78, 5) is 17.3. The summed E-state index contributed by atoms with van der Waals surface area (Å²) in [5.41, 5.74) is 3.17. The minimum atomic E-state index is -0.331. The van der Waals surface area contributed by atoms with Crippen molar-refractivity contribution in [3.8, 4) is 22.7 Å². The van der Waals surface area contributed by atoms with Gasteiger partial charge in [-0.05, 0) is 61.0 Å². The summed E-state index contributed by atoms with van der Waals surface area (Å²) in [5, 5.41) is 12.0. The Bertz CT molecular complexity index is 1180. The third-order valence-corrected chi connectivity index (χ3v) is 5.11. The molecule has 0 aliphatic heterocycles. The lowest BCUT2D eigenvalue weighted by atomic mass is 10.1. The molecule has 0 saturated carbocycles. The number of nitrogens with one attached hydrogen (secondary N) is 1. The standard InChI is InChI=1S/C23H20ClN5O2/c1-15(16-5-11-20(31-2)12-6-16)26-23(30)21-22(17-4-3-13-25-14-17)29(28-27-21)19-9-7-18(24)8-10-19/h3-15H,1-2H3,(H,26,30)/t15-/m0/s1. The second-order valence-corrected chi connectivity index (χ2v) is 7.32. The van der Waals surface area contributed by atoms with Crippen LogP contribution in [-0.4, -0.2) is 33.0 Å². The van der Waals surface area contributed by atoms with Crippen LogP contribution in [0.1, 0.15) is 29.0 Å². The van der Waals surface area contributed by atoms with Gasteiger partial charge in [-0.25, -0.2) is 4.68 Å². The van der Waals surface area contributed by atoms with Gasteiger partial charge >= 0.3 is 0 Å². The lowest BCUT2D eigenvalue weighted by Gasteiger charge is -2.15. The minimum absolute atomic E-state index is 0.211. The zero-order valence-corrected chi connectivity index (χ0v) is 17.7. The highest BCUT2D eigenvalue weighted by atomic mass is 35.5. The molecule has 1 N–H and O–H groups in total. The zero-order valence-electron chi connectivity index (χ0n) is 17.0. The van der Waals surface area contributed by atoms with Crippen LogP contribution < -0.4 is 10.1 Å². The summed E-state index contributed by atoms with van der Waals surface area (Å²) in [6.07, 6.45) is 3.35. The van der Waals surface area contributed by atoms with Gasteiger partial charge in [0.25, 0.3) is 5.91 Å². The second kappa shape index (κ2) is 8.97. The molecule has 4 aromatic rings. The zero-order chi connectivity index (χ0) is 21.8. The molecule has 1 atom stereocenters. The number of rotatable bonds is 6. The molecule has 0 unspecified atom stereocenters. The highest BCUT2D eigenvalue weighted by Crippen LogP contribution is 2.26. The third-order valence-electron chi connectivity index (χ3n) is 4.85. The summed E-state index contributed by atoms with van der Waals surface area (Å²) in [6, 6.07) is 18.1. The topological polar surface area (TPSA) is 81.9 Å². The van der Waals surface area contributed by atoms with Crippen LogP contribution >= 0.6 is 11.6 Å². The van der Waals surface area contributed by atoms with Crippen molar-refractivity contribution >= 4 is 17.5 Å². The number of benzene rings is 2. The maximum atomic E-state index is 13.2. The molecule has 1 amide bonds. The maximum absolute atomic E-state index is 13.2. The Labute approximate surface area is 184 Å². The van der Waals surface area contributed by atoms with Crippen LogP contribution in [0.3, 0.4) is 0 Å². The largest absolute Gasteiger partial charge is 0.497 e. The second-order valence-electron chi connectivity index (χ2n) is 6.88. The minimum Gasteiger partial charge on any atom is -0.497 e. The van der Waals surface area contributed by atoms with E-state index in [-0.39, 0.29) is 17.6 Å². The molecule has 0 fully saturated rings. The molecule has 8 heteroatoms. The van der Waals surface area contributed by atoms with E-state index in [1.165, 1.54) is 0 Å². The van der Waals surface area contributed by atoms with Gasteiger partial charge in [0.15, 0.2) is 5.69 Å². The van der Waals surface area contributed by atoms with Gasteiger partial charge in [0.2, 0.25) is 0 Å². The van der Waals surface area contributed by atoms with Crippen LogP contribution in [0.5, 0.6) is 5.75 Å². The molecule has 0 radical (unpaired) electrons. The van der Waals surface area contributed by atoms with Crippen molar-refractivity contribution in [1.29, 1.82) is 0 Å². The van der Waals surface area contributed by atoms with Crippen molar-refractivity contribution < 1.29 is 9.53 Å². The van der Waals surface area contributed by atoms with E-state index in [0.717, 1.165) is 22.6 Å². The SMILES string of the molecule is COc1ccc([C@H](C)NC(=O)c2nnn(-c3ccc(Cl)cc3)c2-c2cccnc2)cc1. The Balaban J connectivity index is 1.68. The van der Waals surface area contributed by atoms with Gasteiger partial charge in [-0.1, -0.05) is 28.9 Å². The van der Waals surface area contributed by atoms with Crippen molar-refractivity contribution in [2.45, 2.75) is 13.0 Å². The van der Waals surface area contributed by atoms with Gasteiger partial charge in [0.05, 0.1) is 18.8 Å². The summed E-state index contributed by atoms with van der Waals surface area (Å²) in [6.45, 7) is 1.91. The van der Waals surface area contributed by atoms with Crippen LogP contribution in [0.2, 0.25) is 5.02 Å². The summed E-state index contributed by atoms with van der Waals surface area (Å²) >= 11 is 6.02. The van der Waals surface area contributed by atoms with Gasteiger partial charge in [-0.3, -0.25) is 9.78 Å². The fourth-order valence-corrected chi connectivity index (χ4v) is 3.33. The highest BCUT2D eigenvalue weighted by Gasteiger charge is 2.23. The first-order valence-electron chi connectivity index (χ1n) is 9.63. The number of halogens is 1. The first kappa shape index (κ1) is 20.6. The van der Waals surface area contributed by atoms with Gasteiger partial charge < -0.3 is 10.1 Å². The molecular formula is C23H20ClN5O2. The molecule has 0 aliphatic rings. The Morgan fingerprint density at radius 1 is 1.10 bits per heavy atom. The van der Waals surface area contributed by atoms with E-state index in [4.69, 9.17) is 16.3 Å². The van der Waals surface area contributed by atoms with Crippen LogP contribution in [-0.2, 0) is 0 Å². The molecule has 4 rings (SSSR count). The molecule has 0 aliphatic carbocycles. The number of methoxy groups -OCH3 is 1. The van der Waals surface area contributed by atoms with Crippen molar-refractivity contribution in [1.82, 2.24) is 25.3 Å². The van der Waals surface area contributed by atoms with Gasteiger partial charge in [0.1, 0.15) is 11.4 Å². The Hall–Kier alpha value is -3.71. The molecule has 0 saturated heterocycles. The van der Waals surface area contributed by atoms with E-state index in [1.54, 1.807) is 42.4 Å². The summed E-state index contributed by atoms with van der Waals surface area (Å²) in [5.74, 6) is 0.425. The predicted molar refractivity (Wildman–Crippen MR) is 118 cm³/mol. The molecular weight excluding hydrogens is 414 g/mol. The first-order valence-corrected chi connectivity index (χ1v) is 10.0. The summed E-state index contributed by atoms with van der Waals surface area (Å²) < 4.78 is 6.81. The molecule has 2 aromatic carbocycles. The smallest absolute Gasteiger partial charge is 0.274 e. The Morgan fingerprint density at radius 2 is 1.84 bits per heavy atom. The molecule has 0 spiro atoms. The number of carbonyl (C=O) groups excluding carboxylic acids is 1. The van der Waals surface area contributed by atoms with E-state index >= 15 is 0 Å². The number of hydrogen-bond donors (Lipinski definition) is 1. The predicted octanol–water partition coefficient (Wildman–Crippen LogP) is 4.48. The molecule has 31 heavy (non-hydrogen) atoms. The number of ether oxygens (including phenoxy) is 1. The Morgan fingerprint density at radius 3 is 2.48 bits per heavy atom. The van der Waals surface area contributed by atoms with Gasteiger partial charge in [-0.2, -0.15) is 0 Å². The number of aromatic nitrogens is 4. The van der Waals surface area contributed by atoms with Crippen LogP contribution in [0.4, 0.5) is 0 Å². The lowest BCUT2D eigenvalue weighted by Crippen LogP contribution is -2.27. The van der Waals surface area contributed by atoms with Crippen molar-refractivity contribution in [3.63, 3.8) is 0 Å². The highest BCUT2D eigenvalue weighted by molar-refractivity contribution is 6.30. The van der Waals surface area contributed by atoms with Gasteiger partial charge in [0, 0.05) is 23.0 Å². The van der Waals surface area contributed by atoms with Crippen LogP contribution in [0.15, 0.2) is 73.1 Å². The Kier molecular flexibility index (Phi) is 5.95. The maximum Gasteiger partial charge on any atom is 0.274 e. The molecule has 7 nitrogen and oxygen atoms in total. The number of pyridine rings is 1. The fraction of sp³-hybridized carbons (Fsp3) is 0.130. The van der Waals surface area contributed by atoms with Crippen LogP contribution in [0, 0.1) is 0 Å². The van der Waals surface area contributed by atoms with E-state index < -0.39 is 0 Å². The molecule has 156 valence electrons. The lowest BCUT2D eigenvalue weighted by molar-refractivity contribution is 0.0935. The quantitative estimate of drug-likeness (QED) is 0.484. The van der Waals surface area contributed by atoms with Crippen molar-refractivity contribution in [2.24, 2.45) is 0 Å². The first-order chi connectivity index (χ1) is 15.1. The molecule has 2 aromatic heterocycles. The number of hydrogen-bond acceptors (Lipinski definition) is 5. The number of amides is 1. The van der Waals surface area contributed by atoms with Crippen molar-refractivity contribution in [2.75, 3.05) is 7.11 Å². The number of nitrogens with zero attached hydrogens (tertiary/aromatic N) is 4. The summed E-state index contributed by atoms with van der Waals surface area (Å²) in [7, 11) is 1.62. The normalized spacial score (nSPS) is 11.7. The molecule has 2 heterocycles. The average Bonchev–Trinajstić information content (AvgIpc) is 3.25. The fourth-order valence-electron chi connectivity index (χ4n) is 3.20. The monoisotopic (exact) mass is 433 g/mol.